The van der Waals surface area contributed by atoms with Gasteiger partial charge < -0.3 is 24.8 Å². The number of nitrogens with one attached hydrogen (secondary N) is 2. The predicted octanol–water partition coefficient (Wildman–Crippen LogP) is 4.46. The van der Waals surface area contributed by atoms with E-state index < -0.39 is 15.9 Å². The first-order valence-electron chi connectivity index (χ1n) is 12.5. The Balaban J connectivity index is 1.09. The fourth-order valence-electron chi connectivity index (χ4n) is 4.01. The number of aromatic nitrogens is 5. The summed E-state index contributed by atoms with van der Waals surface area (Å²) in [6.45, 7) is 1.10. The highest BCUT2D eigenvalue weighted by Crippen LogP contribution is 2.27. The maximum Gasteiger partial charge on any atom is 0.323 e. The van der Waals surface area contributed by atoms with E-state index >= 15 is 0 Å². The van der Waals surface area contributed by atoms with Gasteiger partial charge in [0, 0.05) is 22.9 Å². The Morgan fingerprint density at radius 2 is 1.76 bits per heavy atom. The zero-order valence-corrected chi connectivity index (χ0v) is 23.5. The van der Waals surface area contributed by atoms with E-state index in [1.807, 2.05) is 18.2 Å². The van der Waals surface area contributed by atoms with Crippen LogP contribution in [0.25, 0.3) is 16.9 Å². The molecule has 4 heterocycles. The van der Waals surface area contributed by atoms with Crippen molar-refractivity contribution in [1.82, 2.24) is 24.6 Å². The minimum absolute atomic E-state index is 0.00613. The Morgan fingerprint density at radius 3 is 2.45 bits per heavy atom. The monoisotopic (exact) mass is 607 g/mol. The second kappa shape index (κ2) is 11.2. The van der Waals surface area contributed by atoms with Crippen LogP contribution >= 0.6 is 11.6 Å². The Labute approximate surface area is 244 Å². The summed E-state index contributed by atoms with van der Waals surface area (Å²) in [5, 5.41) is 9.84. The molecule has 1 aliphatic rings. The van der Waals surface area contributed by atoms with Gasteiger partial charge in [0.2, 0.25) is 5.88 Å². The van der Waals surface area contributed by atoms with E-state index in [0.29, 0.717) is 30.5 Å². The SMILES string of the molecule is CS(=O)(=O)c1ccc(Cl)cc1NC(=O)Nc1cnc(Oc2ccc(-c3cnc4ccc(OC5COC5)nn34)cc2)nc1. The van der Waals surface area contributed by atoms with Crippen molar-refractivity contribution in [3.63, 3.8) is 0 Å². The summed E-state index contributed by atoms with van der Waals surface area (Å²) in [6.07, 6.45) is 5.48. The topological polar surface area (TPSA) is 159 Å². The van der Waals surface area contributed by atoms with E-state index in [2.05, 4.69) is 30.7 Å². The van der Waals surface area contributed by atoms with Crippen molar-refractivity contribution in [3.05, 3.63) is 78.2 Å². The molecule has 0 bridgehead atoms. The van der Waals surface area contributed by atoms with Gasteiger partial charge in [-0.1, -0.05) is 11.6 Å². The third kappa shape index (κ3) is 6.10. The number of hydrogen-bond acceptors (Lipinski definition) is 10. The van der Waals surface area contributed by atoms with Crippen molar-refractivity contribution < 1.29 is 27.4 Å². The molecule has 13 nitrogen and oxygen atoms in total. The van der Waals surface area contributed by atoms with Gasteiger partial charge in [-0.05, 0) is 48.5 Å². The number of nitrogens with zero attached hydrogens (tertiary/aromatic N) is 5. The molecule has 0 unspecified atom stereocenters. The van der Waals surface area contributed by atoms with Crippen LogP contribution in [-0.4, -0.2) is 64.6 Å². The highest BCUT2D eigenvalue weighted by molar-refractivity contribution is 7.90. The van der Waals surface area contributed by atoms with Crippen LogP contribution in [-0.2, 0) is 14.6 Å². The van der Waals surface area contributed by atoms with Crippen molar-refractivity contribution in [2.24, 2.45) is 0 Å². The van der Waals surface area contributed by atoms with Gasteiger partial charge in [0.15, 0.2) is 15.5 Å². The van der Waals surface area contributed by atoms with Crippen LogP contribution in [0.4, 0.5) is 16.2 Å². The molecule has 0 saturated carbocycles. The van der Waals surface area contributed by atoms with Gasteiger partial charge >= 0.3 is 12.0 Å². The number of urea groups is 1. The standard InChI is InChI=1S/C27H22ClN7O6S/c1-42(37,38)23-7-4-17(28)10-21(23)33-26(36)32-18-11-30-27(31-12-18)41-19-5-2-16(3-6-19)22-13-29-24-8-9-25(34-35(22)24)40-20-14-39-15-20/h2-13,20H,14-15H2,1H3,(H2,32,33,36). The highest BCUT2D eigenvalue weighted by Gasteiger charge is 2.21. The summed E-state index contributed by atoms with van der Waals surface area (Å²) in [5.41, 5.74) is 2.62. The molecule has 2 aromatic carbocycles. The van der Waals surface area contributed by atoms with Crippen molar-refractivity contribution in [2.45, 2.75) is 11.0 Å². The molecular weight excluding hydrogens is 586 g/mol. The lowest BCUT2D eigenvalue weighted by Crippen LogP contribution is -2.38. The minimum atomic E-state index is -3.59. The molecule has 3 aromatic heterocycles. The molecular formula is C27H22ClN7O6S. The maximum atomic E-state index is 12.5. The van der Waals surface area contributed by atoms with Gasteiger partial charge in [-0.25, -0.2) is 32.7 Å². The lowest BCUT2D eigenvalue weighted by Gasteiger charge is -2.25. The van der Waals surface area contributed by atoms with Crippen LogP contribution in [0, 0.1) is 0 Å². The molecule has 0 aliphatic carbocycles. The minimum Gasteiger partial charge on any atom is -0.468 e. The lowest BCUT2D eigenvalue weighted by atomic mass is 10.1. The van der Waals surface area contributed by atoms with Crippen molar-refractivity contribution >= 4 is 44.5 Å². The first kappa shape index (κ1) is 27.4. The molecule has 2 amide bonds. The molecule has 0 spiro atoms. The second-order valence-corrected chi connectivity index (χ2v) is 11.7. The van der Waals surface area contributed by atoms with E-state index in [9.17, 15) is 13.2 Å². The van der Waals surface area contributed by atoms with Crippen LogP contribution in [0.3, 0.4) is 0 Å². The quantitative estimate of drug-likeness (QED) is 0.258. The Bertz CT molecular complexity index is 1880. The molecule has 5 aromatic rings. The van der Waals surface area contributed by atoms with E-state index in [4.69, 9.17) is 25.8 Å². The van der Waals surface area contributed by atoms with E-state index in [1.165, 1.54) is 30.6 Å². The summed E-state index contributed by atoms with van der Waals surface area (Å²) in [7, 11) is -3.59. The van der Waals surface area contributed by atoms with Crippen LogP contribution < -0.4 is 20.1 Å². The molecule has 15 heteroatoms. The number of carbonyl (C=O) groups excluding carboxylic acids is 1. The number of ether oxygens (including phenoxy) is 3. The van der Waals surface area contributed by atoms with Crippen LogP contribution in [0.2, 0.25) is 5.02 Å². The van der Waals surface area contributed by atoms with Crippen molar-refractivity contribution in [3.8, 4) is 28.9 Å². The van der Waals surface area contributed by atoms with Crippen molar-refractivity contribution in [2.75, 3.05) is 30.1 Å². The van der Waals surface area contributed by atoms with Gasteiger partial charge in [-0.2, -0.15) is 0 Å². The molecule has 1 fully saturated rings. The number of rotatable bonds is 8. The van der Waals surface area contributed by atoms with Gasteiger partial charge in [0.05, 0.1) is 53.8 Å². The molecule has 42 heavy (non-hydrogen) atoms. The van der Waals surface area contributed by atoms with E-state index in [0.717, 1.165) is 17.5 Å². The number of amides is 2. The number of benzene rings is 2. The van der Waals surface area contributed by atoms with Gasteiger partial charge in [0.25, 0.3) is 0 Å². The van der Waals surface area contributed by atoms with Crippen molar-refractivity contribution in [1.29, 1.82) is 0 Å². The number of hydrogen-bond donors (Lipinski definition) is 2. The third-order valence-corrected chi connectivity index (χ3v) is 7.46. The van der Waals surface area contributed by atoms with Crippen LogP contribution in [0.15, 0.2) is 78.1 Å². The van der Waals surface area contributed by atoms with Crippen LogP contribution in [0.5, 0.6) is 17.6 Å². The third-order valence-electron chi connectivity index (χ3n) is 6.07. The average molecular weight is 608 g/mol. The molecule has 1 saturated heterocycles. The summed E-state index contributed by atoms with van der Waals surface area (Å²) < 4.78 is 42.4. The largest absolute Gasteiger partial charge is 0.468 e. The predicted molar refractivity (Wildman–Crippen MR) is 153 cm³/mol. The Kier molecular flexibility index (Phi) is 7.33. The number of imidazole rings is 1. The van der Waals surface area contributed by atoms with E-state index in [1.54, 1.807) is 28.9 Å². The molecule has 0 radical (unpaired) electrons. The first-order chi connectivity index (χ1) is 20.2. The Morgan fingerprint density at radius 1 is 1.00 bits per heavy atom. The lowest BCUT2D eigenvalue weighted by molar-refractivity contribution is -0.0816. The number of carbonyl (C=O) groups is 1. The number of fused-ring (bicyclic) bond motifs is 1. The smallest absolute Gasteiger partial charge is 0.323 e. The fraction of sp³-hybridized carbons (Fsp3) is 0.148. The number of anilines is 2. The molecule has 2 N–H and O–H groups in total. The zero-order chi connectivity index (χ0) is 29.3. The Hall–Kier alpha value is -4.79. The van der Waals surface area contributed by atoms with Gasteiger partial charge in [-0.15, -0.1) is 5.10 Å². The average Bonchev–Trinajstić information content (AvgIpc) is 3.35. The summed E-state index contributed by atoms with van der Waals surface area (Å²) in [5.74, 6) is 0.980. The fourth-order valence-corrected chi connectivity index (χ4v) is 5.01. The number of halogens is 1. The molecule has 214 valence electrons. The molecule has 6 rings (SSSR count). The highest BCUT2D eigenvalue weighted by atomic mass is 35.5. The molecule has 1 aliphatic heterocycles. The van der Waals surface area contributed by atoms with E-state index in [-0.39, 0.29) is 33.4 Å². The van der Waals surface area contributed by atoms with Gasteiger partial charge in [-0.3, -0.25) is 0 Å². The number of sulfone groups is 1. The summed E-state index contributed by atoms with van der Waals surface area (Å²) in [6, 6.07) is 14.3. The summed E-state index contributed by atoms with van der Waals surface area (Å²) >= 11 is 5.96. The zero-order valence-electron chi connectivity index (χ0n) is 21.9. The summed E-state index contributed by atoms with van der Waals surface area (Å²) in [4.78, 5) is 25.1. The molecule has 0 atom stereocenters. The first-order valence-corrected chi connectivity index (χ1v) is 14.8. The normalized spacial score (nSPS) is 13.4. The van der Waals surface area contributed by atoms with Crippen LogP contribution in [0.1, 0.15) is 0 Å². The van der Waals surface area contributed by atoms with Gasteiger partial charge in [0.1, 0.15) is 11.9 Å². The maximum absolute atomic E-state index is 12.5. The second-order valence-electron chi connectivity index (χ2n) is 9.23.